The van der Waals surface area contributed by atoms with Crippen LogP contribution >= 0.6 is 0 Å². The van der Waals surface area contributed by atoms with Crippen LogP contribution in [0, 0.1) is 0 Å². The Hall–Kier alpha value is 0.0201. The van der Waals surface area contributed by atoms with E-state index < -0.39 is 21.4 Å². The molecule has 14 heavy (non-hydrogen) atoms. The summed E-state index contributed by atoms with van der Waals surface area (Å²) in [6, 6.07) is 8.47. The molecule has 1 rings (SSSR count). The van der Waals surface area contributed by atoms with Crippen LogP contribution in [0.1, 0.15) is 19.4 Å². The van der Waals surface area contributed by atoms with Crippen molar-refractivity contribution in [2.75, 3.05) is 6.67 Å². The molecule has 1 aromatic rings. The van der Waals surface area contributed by atoms with Gasteiger partial charge in [0.05, 0.1) is 0 Å². The van der Waals surface area contributed by atoms with Crippen LogP contribution < -0.4 is 3.32 Å². The zero-order chi connectivity index (χ0) is 10.4. The Labute approximate surface area is 94.1 Å². The van der Waals surface area contributed by atoms with E-state index >= 15 is 0 Å². The van der Waals surface area contributed by atoms with Gasteiger partial charge in [0.1, 0.15) is 0 Å². The van der Waals surface area contributed by atoms with Crippen molar-refractivity contribution in [1.82, 2.24) is 0 Å². The number of halogens is 1. The van der Waals surface area contributed by atoms with Gasteiger partial charge in [0, 0.05) is 0 Å². The molecule has 0 aliphatic heterocycles. The summed E-state index contributed by atoms with van der Waals surface area (Å²) in [5.74, 6) is 0. The maximum absolute atomic E-state index is 12.4. The van der Waals surface area contributed by atoms with Crippen LogP contribution in [-0.4, -0.2) is 28.1 Å². The first-order valence-electron chi connectivity index (χ1n) is 5.47. The number of hydrogen-bond donors (Lipinski definition) is 0. The fraction of sp³-hybridized carbons (Fsp3) is 0.500. The van der Waals surface area contributed by atoms with Crippen LogP contribution in [0.3, 0.4) is 0 Å². The van der Waals surface area contributed by atoms with Gasteiger partial charge in [-0.1, -0.05) is 0 Å². The van der Waals surface area contributed by atoms with Crippen molar-refractivity contribution < 1.29 is 4.39 Å². The second-order valence-corrected chi connectivity index (χ2v) is 14.1. The Morgan fingerprint density at radius 1 is 1.14 bits per heavy atom. The van der Waals surface area contributed by atoms with Crippen molar-refractivity contribution in [3.05, 3.63) is 29.8 Å². The summed E-state index contributed by atoms with van der Waals surface area (Å²) >= 11 is -1.50. The van der Waals surface area contributed by atoms with E-state index in [0.29, 0.717) is 6.42 Å². The quantitative estimate of drug-likeness (QED) is 0.783. The summed E-state index contributed by atoms with van der Waals surface area (Å²) in [5, 5.41) is 0. The van der Waals surface area contributed by atoms with Crippen LogP contribution in [0.2, 0.25) is 8.35 Å². The van der Waals surface area contributed by atoms with Crippen LogP contribution in [0.15, 0.2) is 24.3 Å². The first-order valence-corrected chi connectivity index (χ1v) is 11.8. The van der Waals surface area contributed by atoms with Gasteiger partial charge in [-0.3, -0.25) is 0 Å². The van der Waals surface area contributed by atoms with Gasteiger partial charge in [-0.15, -0.1) is 0 Å². The molecule has 0 unspecified atom stereocenters. The molecule has 0 aliphatic rings. The number of rotatable bonds is 5. The van der Waals surface area contributed by atoms with E-state index in [-0.39, 0.29) is 6.67 Å². The molecular weight excluding hydrogens is 278 g/mol. The molecule has 0 saturated heterocycles. The average Bonchev–Trinajstić information content (AvgIpc) is 2.23. The minimum absolute atomic E-state index is 0.219. The molecular formula is C12H18FIn. The van der Waals surface area contributed by atoms with E-state index in [4.69, 9.17) is 0 Å². The van der Waals surface area contributed by atoms with Crippen molar-refractivity contribution in [2.24, 2.45) is 0 Å². The minimum atomic E-state index is -1.50. The van der Waals surface area contributed by atoms with Crippen molar-refractivity contribution >= 4 is 24.8 Å². The molecule has 0 atom stereocenters. The van der Waals surface area contributed by atoms with E-state index in [1.54, 1.807) is 3.32 Å². The third kappa shape index (κ3) is 3.01. The van der Waals surface area contributed by atoms with E-state index in [9.17, 15) is 4.39 Å². The molecule has 0 N–H and O–H groups in total. The van der Waals surface area contributed by atoms with Gasteiger partial charge < -0.3 is 0 Å². The van der Waals surface area contributed by atoms with Crippen LogP contribution in [0.5, 0.6) is 0 Å². The molecule has 2 heteroatoms. The SMILES string of the molecule is C[CH2][In]([CH2]C)[c]1ccccc1CCF. The number of aryl methyl sites for hydroxylation is 1. The van der Waals surface area contributed by atoms with Gasteiger partial charge in [0.15, 0.2) is 0 Å². The van der Waals surface area contributed by atoms with Crippen molar-refractivity contribution in [1.29, 1.82) is 0 Å². The fourth-order valence-electron chi connectivity index (χ4n) is 1.99. The van der Waals surface area contributed by atoms with Crippen LogP contribution in [-0.2, 0) is 6.42 Å². The number of alkyl halides is 1. The van der Waals surface area contributed by atoms with Gasteiger partial charge in [-0.2, -0.15) is 0 Å². The fourth-order valence-corrected chi connectivity index (χ4v) is 9.43. The molecule has 0 fully saturated rings. The van der Waals surface area contributed by atoms with Crippen molar-refractivity contribution in [3.8, 4) is 0 Å². The zero-order valence-corrected chi connectivity index (χ0v) is 12.4. The third-order valence-electron chi connectivity index (χ3n) is 2.84. The number of benzene rings is 1. The molecule has 0 amide bonds. The summed E-state index contributed by atoms with van der Waals surface area (Å²) in [7, 11) is 0. The Morgan fingerprint density at radius 2 is 1.79 bits per heavy atom. The topological polar surface area (TPSA) is 0 Å². The van der Waals surface area contributed by atoms with Gasteiger partial charge in [0.2, 0.25) is 0 Å². The van der Waals surface area contributed by atoms with Crippen molar-refractivity contribution in [3.63, 3.8) is 0 Å². The van der Waals surface area contributed by atoms with Crippen molar-refractivity contribution in [2.45, 2.75) is 28.6 Å². The first kappa shape index (κ1) is 12.1. The Morgan fingerprint density at radius 3 is 2.36 bits per heavy atom. The standard InChI is InChI=1S/C8H8F.2C2H5.In/c9-7-6-8-4-2-1-3-5-8;2*1-2;/h1-4H,6-7H2;2*1H2,2H3;. The summed E-state index contributed by atoms with van der Waals surface area (Å²) in [5.41, 5.74) is 1.28. The number of hydrogen-bond acceptors (Lipinski definition) is 0. The van der Waals surface area contributed by atoms with Crippen LogP contribution in [0.25, 0.3) is 0 Å². The predicted molar refractivity (Wildman–Crippen MR) is 62.5 cm³/mol. The van der Waals surface area contributed by atoms with E-state index in [1.165, 1.54) is 13.9 Å². The summed E-state index contributed by atoms with van der Waals surface area (Å²) in [6.45, 7) is 4.36. The second kappa shape index (κ2) is 6.49. The Bertz CT molecular complexity index is 269. The third-order valence-corrected chi connectivity index (χ3v) is 12.6. The second-order valence-electron chi connectivity index (χ2n) is 3.65. The van der Waals surface area contributed by atoms with Gasteiger partial charge in [0.25, 0.3) is 0 Å². The molecule has 0 bridgehead atoms. The molecule has 0 aliphatic carbocycles. The molecule has 0 aromatic heterocycles. The summed E-state index contributed by atoms with van der Waals surface area (Å²) < 4.78 is 16.6. The molecule has 0 heterocycles. The zero-order valence-electron chi connectivity index (χ0n) is 9.09. The summed E-state index contributed by atoms with van der Waals surface area (Å²) in [6.07, 6.45) is 0.615. The first-order chi connectivity index (χ1) is 6.83. The molecule has 0 nitrogen and oxygen atoms in total. The van der Waals surface area contributed by atoms with Gasteiger partial charge >= 0.3 is 94.3 Å². The van der Waals surface area contributed by atoms with Crippen LogP contribution in [0.4, 0.5) is 4.39 Å². The average molecular weight is 296 g/mol. The van der Waals surface area contributed by atoms with E-state index in [2.05, 4.69) is 32.0 Å². The molecule has 0 spiro atoms. The van der Waals surface area contributed by atoms with Gasteiger partial charge in [-0.25, -0.2) is 0 Å². The monoisotopic (exact) mass is 296 g/mol. The molecule has 0 radical (unpaired) electrons. The Kier molecular flexibility index (Phi) is 5.61. The molecule has 76 valence electrons. The summed E-state index contributed by atoms with van der Waals surface area (Å²) in [4.78, 5) is 0. The van der Waals surface area contributed by atoms with Gasteiger partial charge in [-0.05, 0) is 0 Å². The van der Waals surface area contributed by atoms with E-state index in [1.807, 2.05) is 6.07 Å². The van der Waals surface area contributed by atoms with E-state index in [0.717, 1.165) is 0 Å². The predicted octanol–water partition coefficient (Wildman–Crippen LogP) is 2.94. The normalized spacial score (nSPS) is 10.2. The molecule has 1 aromatic carbocycles. The maximum atomic E-state index is 12.4. The Balaban J connectivity index is 2.92. The molecule has 0 saturated carbocycles.